The van der Waals surface area contributed by atoms with E-state index in [1.54, 1.807) is 17.6 Å². The summed E-state index contributed by atoms with van der Waals surface area (Å²) >= 11 is 11.4. The lowest BCUT2D eigenvalue weighted by Crippen LogP contribution is -1.85. The summed E-state index contributed by atoms with van der Waals surface area (Å²) in [5, 5.41) is -0.181. The van der Waals surface area contributed by atoms with Gasteiger partial charge in [0.25, 0.3) is 0 Å². The number of aryl methyl sites for hydroxylation is 1. The third-order valence-corrected chi connectivity index (χ3v) is 4.70. The van der Waals surface area contributed by atoms with E-state index >= 15 is 0 Å². The van der Waals surface area contributed by atoms with Crippen molar-refractivity contribution < 1.29 is 4.42 Å². The van der Waals surface area contributed by atoms with Crippen LogP contribution in [-0.4, -0.2) is 0 Å². The topological polar surface area (TPSA) is 13.1 Å². The van der Waals surface area contributed by atoms with Crippen LogP contribution in [0.2, 0.25) is 0 Å². The SMILES string of the molecule is Cc1sc(C(Cl)c2ccco2)cc1Br. The number of rotatable bonds is 2. The van der Waals surface area contributed by atoms with E-state index in [1.165, 1.54) is 4.88 Å². The molecule has 0 aliphatic heterocycles. The Morgan fingerprint density at radius 3 is 2.86 bits per heavy atom. The minimum Gasteiger partial charge on any atom is -0.467 e. The second-order valence-electron chi connectivity index (χ2n) is 2.93. The molecule has 74 valence electrons. The van der Waals surface area contributed by atoms with E-state index in [0.29, 0.717) is 0 Å². The summed E-state index contributed by atoms with van der Waals surface area (Å²) in [6.07, 6.45) is 1.64. The van der Waals surface area contributed by atoms with Gasteiger partial charge in [0, 0.05) is 14.2 Å². The first kappa shape index (κ1) is 10.3. The van der Waals surface area contributed by atoms with Crippen LogP contribution in [-0.2, 0) is 0 Å². The van der Waals surface area contributed by atoms with Crippen LogP contribution in [0.5, 0.6) is 0 Å². The number of hydrogen-bond donors (Lipinski definition) is 0. The maximum absolute atomic E-state index is 6.25. The van der Waals surface area contributed by atoms with E-state index < -0.39 is 0 Å². The smallest absolute Gasteiger partial charge is 0.126 e. The first-order valence-electron chi connectivity index (χ1n) is 4.12. The summed E-state index contributed by atoms with van der Waals surface area (Å²) < 4.78 is 6.36. The molecular weight excluding hydrogens is 284 g/mol. The molecule has 0 saturated carbocycles. The van der Waals surface area contributed by atoms with Gasteiger partial charge in [0.15, 0.2) is 0 Å². The standard InChI is InChI=1S/C10H8BrClOS/c1-6-7(11)5-9(14-6)10(12)8-3-2-4-13-8/h2-5,10H,1H3. The molecule has 2 aromatic heterocycles. The molecule has 2 aromatic rings. The Bertz CT molecular complexity index is 402. The van der Waals surface area contributed by atoms with Crippen LogP contribution in [0.25, 0.3) is 0 Å². The lowest BCUT2D eigenvalue weighted by molar-refractivity contribution is 0.517. The van der Waals surface area contributed by atoms with E-state index in [0.717, 1.165) is 15.1 Å². The molecule has 2 heterocycles. The number of halogens is 2. The van der Waals surface area contributed by atoms with Gasteiger partial charge < -0.3 is 4.42 Å². The number of alkyl halides is 1. The van der Waals surface area contributed by atoms with E-state index in [4.69, 9.17) is 16.0 Å². The van der Waals surface area contributed by atoms with Crippen molar-refractivity contribution in [2.75, 3.05) is 0 Å². The third kappa shape index (κ3) is 1.90. The first-order chi connectivity index (χ1) is 6.68. The van der Waals surface area contributed by atoms with E-state index in [9.17, 15) is 0 Å². The molecule has 14 heavy (non-hydrogen) atoms. The highest BCUT2D eigenvalue weighted by molar-refractivity contribution is 9.10. The summed E-state index contributed by atoms with van der Waals surface area (Å²) in [7, 11) is 0. The van der Waals surface area contributed by atoms with Gasteiger partial charge in [-0.05, 0) is 41.1 Å². The highest BCUT2D eigenvalue weighted by Crippen LogP contribution is 2.37. The van der Waals surface area contributed by atoms with Crippen molar-refractivity contribution in [3.05, 3.63) is 44.4 Å². The predicted octanol–water partition coefficient (Wildman–Crippen LogP) is 4.74. The Morgan fingerprint density at radius 2 is 2.36 bits per heavy atom. The molecule has 0 saturated heterocycles. The summed E-state index contributed by atoms with van der Waals surface area (Å²) in [5.41, 5.74) is 0. The lowest BCUT2D eigenvalue weighted by atomic mass is 10.3. The lowest BCUT2D eigenvalue weighted by Gasteiger charge is -2.01. The molecule has 0 aliphatic carbocycles. The molecule has 0 aromatic carbocycles. The summed E-state index contributed by atoms with van der Waals surface area (Å²) in [5.74, 6) is 0.792. The average Bonchev–Trinajstić information content (AvgIpc) is 2.76. The zero-order valence-corrected chi connectivity index (χ0v) is 10.6. The Morgan fingerprint density at radius 1 is 1.57 bits per heavy atom. The van der Waals surface area contributed by atoms with Crippen LogP contribution in [0.4, 0.5) is 0 Å². The van der Waals surface area contributed by atoms with Gasteiger partial charge >= 0.3 is 0 Å². The van der Waals surface area contributed by atoms with Crippen molar-refractivity contribution in [2.45, 2.75) is 12.3 Å². The second-order valence-corrected chi connectivity index (χ2v) is 5.51. The molecule has 0 spiro atoms. The molecule has 1 unspecified atom stereocenters. The highest BCUT2D eigenvalue weighted by Gasteiger charge is 2.16. The van der Waals surface area contributed by atoms with E-state index in [2.05, 4.69) is 22.9 Å². The molecule has 1 atom stereocenters. The molecule has 0 bridgehead atoms. The van der Waals surface area contributed by atoms with Crippen LogP contribution < -0.4 is 0 Å². The largest absolute Gasteiger partial charge is 0.467 e. The first-order valence-corrected chi connectivity index (χ1v) is 6.16. The predicted molar refractivity (Wildman–Crippen MR) is 63.2 cm³/mol. The van der Waals surface area contributed by atoms with Gasteiger partial charge in [-0.2, -0.15) is 0 Å². The van der Waals surface area contributed by atoms with E-state index in [1.807, 2.05) is 18.2 Å². The molecule has 1 nitrogen and oxygen atoms in total. The quantitative estimate of drug-likeness (QED) is 0.728. The normalized spacial score (nSPS) is 13.1. The third-order valence-electron chi connectivity index (χ3n) is 1.92. The number of furan rings is 1. The van der Waals surface area contributed by atoms with Crippen LogP contribution in [0.3, 0.4) is 0 Å². The van der Waals surface area contributed by atoms with Gasteiger partial charge in [0.05, 0.1) is 6.26 Å². The maximum atomic E-state index is 6.25. The molecule has 0 radical (unpaired) electrons. The fourth-order valence-electron chi connectivity index (χ4n) is 1.18. The molecule has 0 aliphatic rings. The fourth-order valence-corrected chi connectivity index (χ4v) is 3.05. The van der Waals surface area contributed by atoms with Crippen LogP contribution in [0.1, 0.15) is 20.9 Å². The van der Waals surface area contributed by atoms with Crippen LogP contribution in [0.15, 0.2) is 33.4 Å². The summed E-state index contributed by atoms with van der Waals surface area (Å²) in [6.45, 7) is 2.06. The van der Waals surface area contributed by atoms with Crippen molar-refractivity contribution in [1.82, 2.24) is 0 Å². The zero-order valence-electron chi connectivity index (χ0n) is 7.46. The van der Waals surface area contributed by atoms with Crippen molar-refractivity contribution in [3.63, 3.8) is 0 Å². The monoisotopic (exact) mass is 290 g/mol. The van der Waals surface area contributed by atoms with Gasteiger partial charge in [-0.3, -0.25) is 0 Å². The Labute approximate surface area is 99.8 Å². The maximum Gasteiger partial charge on any atom is 0.126 e. The summed E-state index contributed by atoms with van der Waals surface area (Å²) in [4.78, 5) is 2.34. The molecule has 0 N–H and O–H groups in total. The number of hydrogen-bond acceptors (Lipinski definition) is 2. The minimum absolute atomic E-state index is 0.181. The Hall–Kier alpha value is -0.250. The second kappa shape index (κ2) is 4.09. The van der Waals surface area contributed by atoms with Crippen molar-refractivity contribution >= 4 is 38.9 Å². The zero-order chi connectivity index (χ0) is 10.1. The van der Waals surface area contributed by atoms with Crippen molar-refractivity contribution in [3.8, 4) is 0 Å². The van der Waals surface area contributed by atoms with Crippen LogP contribution >= 0.6 is 38.9 Å². The molecule has 0 amide bonds. The fraction of sp³-hybridized carbons (Fsp3) is 0.200. The number of thiophene rings is 1. The van der Waals surface area contributed by atoms with Gasteiger partial charge in [-0.25, -0.2) is 0 Å². The molecule has 0 fully saturated rings. The van der Waals surface area contributed by atoms with Crippen molar-refractivity contribution in [1.29, 1.82) is 0 Å². The Balaban J connectivity index is 2.32. The average molecular weight is 292 g/mol. The minimum atomic E-state index is -0.181. The molecule has 4 heteroatoms. The van der Waals surface area contributed by atoms with Gasteiger partial charge in [-0.1, -0.05) is 0 Å². The van der Waals surface area contributed by atoms with E-state index in [-0.39, 0.29) is 5.38 Å². The summed E-state index contributed by atoms with van der Waals surface area (Å²) in [6, 6.07) is 5.78. The Kier molecular flexibility index (Phi) is 3.00. The molecule has 2 rings (SSSR count). The van der Waals surface area contributed by atoms with Crippen LogP contribution in [0, 0.1) is 6.92 Å². The van der Waals surface area contributed by atoms with Gasteiger partial charge in [-0.15, -0.1) is 22.9 Å². The van der Waals surface area contributed by atoms with Gasteiger partial charge in [0.1, 0.15) is 11.1 Å². The molecular formula is C10H8BrClOS. The van der Waals surface area contributed by atoms with Crippen molar-refractivity contribution in [2.24, 2.45) is 0 Å². The highest BCUT2D eigenvalue weighted by atomic mass is 79.9. The van der Waals surface area contributed by atoms with Gasteiger partial charge in [0.2, 0.25) is 0 Å².